The summed E-state index contributed by atoms with van der Waals surface area (Å²) in [5, 5.41) is 8.60. The van der Waals surface area contributed by atoms with Crippen molar-refractivity contribution in [3.05, 3.63) is 0 Å². The summed E-state index contributed by atoms with van der Waals surface area (Å²) in [5.41, 5.74) is 0. The maximum absolute atomic E-state index is 11.3. The van der Waals surface area contributed by atoms with Gasteiger partial charge in [-0.3, -0.25) is 9.59 Å². The fraction of sp³-hybridized carbons (Fsp3) is 0.800. The lowest BCUT2D eigenvalue weighted by molar-refractivity contribution is -0.142. The highest BCUT2D eigenvalue weighted by molar-refractivity contribution is 8.01. The lowest BCUT2D eigenvalue weighted by Gasteiger charge is -2.17. The Labute approximate surface area is 89.3 Å². The topological polar surface area (TPSA) is 54.4 Å². The van der Waals surface area contributed by atoms with Gasteiger partial charge in [0.25, 0.3) is 0 Å². The number of ketones is 1. The second-order valence-electron chi connectivity index (χ2n) is 4.38. The molecule has 0 amide bonds. The van der Waals surface area contributed by atoms with Crippen molar-refractivity contribution in [2.45, 2.75) is 38.9 Å². The molecule has 0 aromatic carbocycles. The van der Waals surface area contributed by atoms with Crippen LogP contribution in [0.25, 0.3) is 0 Å². The highest BCUT2D eigenvalue weighted by Crippen LogP contribution is 2.23. The standard InChI is InChI=1S/C10H18O3S/c1-7(9(12)13)5-8(11)6-14-10(2,3)4/h7H,5-6H2,1-4H3,(H,12,13). The minimum Gasteiger partial charge on any atom is -0.481 e. The SMILES string of the molecule is CC(CC(=O)CSC(C)(C)C)C(=O)O. The van der Waals surface area contributed by atoms with Crippen LogP contribution in [-0.4, -0.2) is 27.4 Å². The second kappa shape index (κ2) is 5.39. The third-order valence-electron chi connectivity index (χ3n) is 1.62. The van der Waals surface area contributed by atoms with Gasteiger partial charge >= 0.3 is 5.97 Å². The molecule has 0 rings (SSSR count). The molecule has 1 unspecified atom stereocenters. The van der Waals surface area contributed by atoms with Gasteiger partial charge in [-0.15, -0.1) is 11.8 Å². The van der Waals surface area contributed by atoms with E-state index in [-0.39, 0.29) is 17.0 Å². The molecule has 3 nitrogen and oxygen atoms in total. The maximum atomic E-state index is 11.3. The number of carbonyl (C=O) groups is 2. The van der Waals surface area contributed by atoms with Crippen LogP contribution >= 0.6 is 11.8 Å². The van der Waals surface area contributed by atoms with E-state index in [1.807, 2.05) is 20.8 Å². The van der Waals surface area contributed by atoms with Crippen molar-refractivity contribution < 1.29 is 14.7 Å². The average molecular weight is 218 g/mol. The Bertz CT molecular complexity index is 218. The third kappa shape index (κ3) is 6.95. The summed E-state index contributed by atoms with van der Waals surface area (Å²) in [6.07, 6.45) is 0.137. The molecule has 82 valence electrons. The van der Waals surface area contributed by atoms with E-state index >= 15 is 0 Å². The first kappa shape index (κ1) is 13.5. The Morgan fingerprint density at radius 3 is 2.21 bits per heavy atom. The zero-order valence-electron chi connectivity index (χ0n) is 9.16. The average Bonchev–Trinajstić information content (AvgIpc) is 1.99. The van der Waals surface area contributed by atoms with Gasteiger partial charge in [0.1, 0.15) is 5.78 Å². The number of carbonyl (C=O) groups excluding carboxylic acids is 1. The first-order valence-electron chi connectivity index (χ1n) is 4.61. The highest BCUT2D eigenvalue weighted by Gasteiger charge is 2.18. The fourth-order valence-electron chi connectivity index (χ4n) is 0.785. The largest absolute Gasteiger partial charge is 0.481 e. The molecular weight excluding hydrogens is 200 g/mol. The summed E-state index contributed by atoms with van der Waals surface area (Å²) in [7, 11) is 0. The normalized spacial score (nSPS) is 13.7. The van der Waals surface area contributed by atoms with Crippen molar-refractivity contribution in [2.75, 3.05) is 5.75 Å². The number of hydrogen-bond donors (Lipinski definition) is 1. The monoisotopic (exact) mass is 218 g/mol. The summed E-state index contributed by atoms with van der Waals surface area (Å²) < 4.78 is 0.0577. The quantitative estimate of drug-likeness (QED) is 0.768. The van der Waals surface area contributed by atoms with E-state index in [0.717, 1.165) is 0 Å². The van der Waals surface area contributed by atoms with Crippen LogP contribution in [0.15, 0.2) is 0 Å². The van der Waals surface area contributed by atoms with E-state index in [0.29, 0.717) is 5.75 Å². The van der Waals surface area contributed by atoms with Crippen molar-refractivity contribution in [1.29, 1.82) is 0 Å². The summed E-state index contributed by atoms with van der Waals surface area (Å²) in [4.78, 5) is 21.8. The van der Waals surface area contributed by atoms with E-state index in [9.17, 15) is 9.59 Å². The van der Waals surface area contributed by atoms with Crippen LogP contribution in [0.4, 0.5) is 0 Å². The zero-order chi connectivity index (χ0) is 11.4. The third-order valence-corrected chi connectivity index (χ3v) is 2.95. The minimum absolute atomic E-state index is 0.0137. The van der Waals surface area contributed by atoms with Crippen LogP contribution in [-0.2, 0) is 9.59 Å². The summed E-state index contributed by atoms with van der Waals surface area (Å²) in [6.45, 7) is 7.66. The molecule has 1 atom stereocenters. The van der Waals surface area contributed by atoms with Crippen LogP contribution in [0, 0.1) is 5.92 Å². The summed E-state index contributed by atoms with van der Waals surface area (Å²) >= 11 is 1.55. The van der Waals surface area contributed by atoms with Crippen molar-refractivity contribution in [3.63, 3.8) is 0 Å². The Morgan fingerprint density at radius 1 is 1.36 bits per heavy atom. The molecule has 0 saturated heterocycles. The van der Waals surface area contributed by atoms with E-state index in [4.69, 9.17) is 5.11 Å². The Balaban J connectivity index is 3.83. The van der Waals surface area contributed by atoms with Gasteiger partial charge < -0.3 is 5.11 Å². The summed E-state index contributed by atoms with van der Waals surface area (Å²) in [5.74, 6) is -1.05. The molecular formula is C10H18O3S. The van der Waals surface area contributed by atoms with Crippen molar-refractivity contribution in [2.24, 2.45) is 5.92 Å². The van der Waals surface area contributed by atoms with Crippen molar-refractivity contribution in [3.8, 4) is 0 Å². The fourth-order valence-corrected chi connectivity index (χ4v) is 1.50. The molecule has 0 fully saturated rings. The Morgan fingerprint density at radius 2 is 1.86 bits per heavy atom. The predicted molar refractivity (Wildman–Crippen MR) is 58.6 cm³/mol. The van der Waals surface area contributed by atoms with Gasteiger partial charge in [-0.05, 0) is 0 Å². The van der Waals surface area contributed by atoms with Crippen molar-refractivity contribution >= 4 is 23.5 Å². The number of carboxylic acids is 1. The van der Waals surface area contributed by atoms with Gasteiger partial charge in [-0.1, -0.05) is 27.7 Å². The lowest BCUT2D eigenvalue weighted by Crippen LogP contribution is -2.18. The van der Waals surface area contributed by atoms with Crippen LogP contribution in [0.5, 0.6) is 0 Å². The first-order chi connectivity index (χ1) is 6.22. The van der Waals surface area contributed by atoms with Gasteiger partial charge in [0.2, 0.25) is 0 Å². The molecule has 14 heavy (non-hydrogen) atoms. The van der Waals surface area contributed by atoms with Gasteiger partial charge in [0.15, 0.2) is 0 Å². The van der Waals surface area contributed by atoms with E-state index in [1.165, 1.54) is 0 Å². The van der Waals surface area contributed by atoms with Crippen LogP contribution in [0.3, 0.4) is 0 Å². The van der Waals surface area contributed by atoms with E-state index in [1.54, 1.807) is 18.7 Å². The predicted octanol–water partition coefficient (Wildman–Crippen LogP) is 2.20. The highest BCUT2D eigenvalue weighted by atomic mass is 32.2. The molecule has 0 aliphatic heterocycles. The second-order valence-corrected chi connectivity index (χ2v) is 6.19. The number of hydrogen-bond acceptors (Lipinski definition) is 3. The summed E-state index contributed by atoms with van der Waals surface area (Å²) in [6, 6.07) is 0. The molecule has 0 aliphatic rings. The molecule has 0 aromatic rings. The number of aliphatic carboxylic acids is 1. The smallest absolute Gasteiger partial charge is 0.306 e. The minimum atomic E-state index is -0.904. The molecule has 4 heteroatoms. The maximum Gasteiger partial charge on any atom is 0.306 e. The Hall–Kier alpha value is -0.510. The molecule has 0 aromatic heterocycles. The van der Waals surface area contributed by atoms with E-state index in [2.05, 4.69) is 0 Å². The van der Waals surface area contributed by atoms with Gasteiger partial charge in [-0.25, -0.2) is 0 Å². The van der Waals surface area contributed by atoms with Gasteiger partial charge in [0, 0.05) is 11.2 Å². The number of thioether (sulfide) groups is 1. The lowest BCUT2D eigenvalue weighted by atomic mass is 10.1. The van der Waals surface area contributed by atoms with Crippen molar-refractivity contribution in [1.82, 2.24) is 0 Å². The number of rotatable bonds is 5. The number of Topliss-reactive ketones (excluding diaryl/α,β-unsaturated/α-hetero) is 1. The molecule has 0 radical (unpaired) electrons. The van der Waals surface area contributed by atoms with Crippen LogP contribution < -0.4 is 0 Å². The van der Waals surface area contributed by atoms with Crippen LogP contribution in [0.2, 0.25) is 0 Å². The first-order valence-corrected chi connectivity index (χ1v) is 5.59. The van der Waals surface area contributed by atoms with E-state index < -0.39 is 11.9 Å². The molecule has 1 N–H and O–H groups in total. The zero-order valence-corrected chi connectivity index (χ0v) is 9.98. The molecule has 0 heterocycles. The molecule has 0 bridgehead atoms. The van der Waals surface area contributed by atoms with Gasteiger partial charge in [0.05, 0.1) is 11.7 Å². The molecule has 0 spiro atoms. The molecule has 0 saturated carbocycles. The van der Waals surface area contributed by atoms with Crippen LogP contribution in [0.1, 0.15) is 34.1 Å². The Kier molecular flexibility index (Phi) is 5.19. The molecule has 0 aliphatic carbocycles. The van der Waals surface area contributed by atoms with Gasteiger partial charge in [-0.2, -0.15) is 0 Å². The number of carboxylic acid groups (broad SMARTS) is 1.